The summed E-state index contributed by atoms with van der Waals surface area (Å²) in [6, 6.07) is 0. The average molecular weight is 234 g/mol. The molecule has 13 heavy (non-hydrogen) atoms. The van der Waals surface area contributed by atoms with Crippen LogP contribution in [0.5, 0.6) is 0 Å². The minimum absolute atomic E-state index is 0. The van der Waals surface area contributed by atoms with Crippen LogP contribution in [0.4, 0.5) is 0 Å². The van der Waals surface area contributed by atoms with Gasteiger partial charge in [-0.3, -0.25) is 0 Å². The van der Waals surface area contributed by atoms with E-state index >= 15 is 0 Å². The Kier molecular flexibility index (Phi) is 6.61. The Morgan fingerprint density at radius 1 is 1.62 bits per heavy atom. The van der Waals surface area contributed by atoms with Crippen molar-refractivity contribution in [3.63, 3.8) is 0 Å². The van der Waals surface area contributed by atoms with E-state index in [0.29, 0.717) is 6.54 Å². The molecule has 1 aliphatic rings. The Morgan fingerprint density at radius 3 is 2.77 bits per heavy atom. The third-order valence-electron chi connectivity index (χ3n) is 1.12. The van der Waals surface area contributed by atoms with E-state index in [9.17, 15) is 8.42 Å². The molecule has 0 saturated heterocycles. The van der Waals surface area contributed by atoms with Gasteiger partial charge in [-0.05, 0) is 0 Å². The molecule has 0 aromatic rings. The molecule has 0 spiro atoms. The van der Waals surface area contributed by atoms with Crippen molar-refractivity contribution >= 4 is 56.7 Å². The molecule has 5 nitrogen and oxygen atoms in total. The summed E-state index contributed by atoms with van der Waals surface area (Å²) in [5, 5.41) is 0.239. The molecule has 2 N–H and O–H groups in total. The van der Waals surface area contributed by atoms with Gasteiger partial charge in [0.25, 0.3) is 5.23 Å². The zero-order valence-electron chi connectivity index (χ0n) is 6.39. The van der Waals surface area contributed by atoms with Crippen LogP contribution in [0.15, 0.2) is 4.99 Å². The summed E-state index contributed by atoms with van der Waals surface area (Å²) < 4.78 is 26.6. The summed E-state index contributed by atoms with van der Waals surface area (Å²) in [5.74, 6) is 0.625. The zero-order valence-corrected chi connectivity index (χ0v) is 8.03. The fraction of sp³-hybridized carbons (Fsp3) is 0.800. The molecule has 0 fully saturated rings. The average Bonchev–Trinajstić information content (AvgIpc) is 2.38. The fourth-order valence-corrected chi connectivity index (χ4v) is 2.35. The number of aliphatic imine (C=N–C) groups is 1. The zero-order chi connectivity index (χ0) is 9.03. The van der Waals surface area contributed by atoms with Gasteiger partial charge in [-0.2, -0.15) is 8.42 Å². The number of nitrogens with two attached hydrogens (primary N) is 1. The van der Waals surface area contributed by atoms with Gasteiger partial charge in [-0.1, -0.05) is 11.8 Å². The number of hydrogen-bond acceptors (Lipinski definition) is 6. The predicted octanol–water partition coefficient (Wildman–Crippen LogP) is -1.25. The monoisotopic (exact) mass is 234 g/mol. The third-order valence-corrected chi connectivity index (χ3v) is 3.22. The van der Waals surface area contributed by atoms with Crippen LogP contribution in [0.2, 0.25) is 0 Å². The predicted molar refractivity (Wildman–Crippen MR) is 55.8 cm³/mol. The van der Waals surface area contributed by atoms with Crippen molar-refractivity contribution in [1.82, 2.24) is 0 Å². The maximum atomic E-state index is 11.0. The second-order valence-electron chi connectivity index (χ2n) is 2.13. The van der Waals surface area contributed by atoms with Crippen LogP contribution in [0.25, 0.3) is 0 Å². The Morgan fingerprint density at radius 2 is 2.31 bits per heavy atom. The minimum atomic E-state index is -3.49. The molecule has 0 unspecified atom stereocenters. The van der Waals surface area contributed by atoms with E-state index in [1.807, 2.05) is 0 Å². The van der Waals surface area contributed by atoms with Crippen LogP contribution < -0.4 is 5.73 Å². The summed E-state index contributed by atoms with van der Waals surface area (Å²) in [6.45, 7) is 0.693. The number of rotatable bonds is 3. The van der Waals surface area contributed by atoms with Gasteiger partial charge >= 0.3 is 39.7 Å². The second-order valence-corrected chi connectivity index (χ2v) is 4.87. The van der Waals surface area contributed by atoms with E-state index in [0.717, 1.165) is 5.75 Å². The molecule has 0 aliphatic carbocycles. The fourth-order valence-electron chi connectivity index (χ4n) is 0.661. The van der Waals surface area contributed by atoms with E-state index < -0.39 is 10.1 Å². The van der Waals surface area contributed by atoms with E-state index in [4.69, 9.17) is 5.73 Å². The number of hydrogen-bond donors (Lipinski definition) is 1. The van der Waals surface area contributed by atoms with E-state index in [-0.39, 0.29) is 47.1 Å². The first-order chi connectivity index (χ1) is 5.64. The summed E-state index contributed by atoms with van der Waals surface area (Å²) in [5.41, 5.74) is 5.08. The van der Waals surface area contributed by atoms with E-state index in [1.54, 1.807) is 0 Å². The summed E-state index contributed by atoms with van der Waals surface area (Å²) in [7, 11) is -3.49. The molecule has 0 saturated carbocycles. The van der Waals surface area contributed by atoms with Crippen LogP contribution >= 0.6 is 11.8 Å². The molecule has 8 heteroatoms. The van der Waals surface area contributed by atoms with Crippen molar-refractivity contribution in [2.75, 3.05) is 24.6 Å². The number of nitrogens with zero attached hydrogens (tertiary/aromatic N) is 1. The Labute approximate surface area is 104 Å². The van der Waals surface area contributed by atoms with Crippen LogP contribution in [-0.2, 0) is 14.3 Å². The van der Waals surface area contributed by atoms with Gasteiger partial charge in [-0.15, -0.1) is 0 Å². The van der Waals surface area contributed by atoms with Gasteiger partial charge in [0.05, 0.1) is 12.3 Å². The first-order valence-electron chi connectivity index (χ1n) is 3.43. The van der Waals surface area contributed by atoms with E-state index in [2.05, 4.69) is 9.18 Å². The van der Waals surface area contributed by atoms with Gasteiger partial charge in [0.1, 0.15) is 0 Å². The molecule has 1 aliphatic heterocycles. The summed E-state index contributed by atoms with van der Waals surface area (Å²) in [6.07, 6.45) is 0. The third kappa shape index (κ3) is 5.24. The Hall–Kier alpha value is 0.730. The Balaban J connectivity index is 0.00000144. The molecule has 1 rings (SSSR count). The van der Waals surface area contributed by atoms with Gasteiger partial charge < -0.3 is 9.92 Å². The molecule has 0 aromatic heterocycles. The van der Waals surface area contributed by atoms with Crippen molar-refractivity contribution in [3.8, 4) is 0 Å². The Bertz CT molecular complexity index is 278. The van der Waals surface area contributed by atoms with Crippen molar-refractivity contribution in [2.45, 2.75) is 0 Å². The normalized spacial score (nSPS) is 16.2. The molecule has 1 heterocycles. The molecular weight excluding hydrogens is 223 g/mol. The van der Waals surface area contributed by atoms with Gasteiger partial charge in [-0.25, -0.2) is 4.99 Å². The summed E-state index contributed by atoms with van der Waals surface area (Å²) in [4.78, 5) is 3.84. The van der Waals surface area contributed by atoms with E-state index in [1.165, 1.54) is 11.8 Å². The standard InChI is InChI=1S/C5H10N2O3S2.Na.H/c6-1-4-12(8,9)10-5-7-2-3-11-5;;/h1-4,6H2;;. The number of thioether (sulfide) groups is 1. The molecule has 72 valence electrons. The van der Waals surface area contributed by atoms with Crippen LogP contribution in [0.1, 0.15) is 0 Å². The first-order valence-corrected chi connectivity index (χ1v) is 6.00. The quantitative estimate of drug-likeness (QED) is 0.487. The van der Waals surface area contributed by atoms with Gasteiger partial charge in [0.15, 0.2) is 0 Å². The molecule has 0 atom stereocenters. The van der Waals surface area contributed by atoms with Crippen LogP contribution in [0, 0.1) is 0 Å². The topological polar surface area (TPSA) is 81.8 Å². The first kappa shape index (κ1) is 13.7. The molecular formula is C5H11N2NaO3S2. The van der Waals surface area contributed by atoms with Gasteiger partial charge in [0.2, 0.25) is 0 Å². The van der Waals surface area contributed by atoms with Crippen molar-refractivity contribution in [2.24, 2.45) is 10.7 Å². The molecule has 0 bridgehead atoms. The van der Waals surface area contributed by atoms with Crippen molar-refractivity contribution in [1.29, 1.82) is 0 Å². The maximum absolute atomic E-state index is 11.0. The second kappa shape index (κ2) is 6.26. The van der Waals surface area contributed by atoms with Crippen molar-refractivity contribution < 1.29 is 12.6 Å². The molecule has 0 aromatic carbocycles. The molecule has 0 amide bonds. The van der Waals surface area contributed by atoms with Crippen LogP contribution in [-0.4, -0.2) is 67.8 Å². The van der Waals surface area contributed by atoms with Gasteiger partial charge in [0, 0.05) is 12.3 Å². The van der Waals surface area contributed by atoms with Crippen LogP contribution in [0.3, 0.4) is 0 Å². The van der Waals surface area contributed by atoms with Crippen molar-refractivity contribution in [3.05, 3.63) is 0 Å². The molecule has 0 radical (unpaired) electrons. The summed E-state index contributed by atoms with van der Waals surface area (Å²) >= 11 is 1.30. The SMILES string of the molecule is NCCS(=O)(=O)OC1=NCCS1.[NaH].